The monoisotopic (exact) mass is 290 g/mol. The summed E-state index contributed by atoms with van der Waals surface area (Å²) >= 11 is 0. The van der Waals surface area contributed by atoms with Crippen LogP contribution in [0.25, 0.3) is 0 Å². The summed E-state index contributed by atoms with van der Waals surface area (Å²) in [6, 6.07) is 7.27. The van der Waals surface area contributed by atoms with E-state index in [4.69, 9.17) is 10.5 Å². The van der Waals surface area contributed by atoms with Crippen molar-refractivity contribution < 1.29 is 9.53 Å². The summed E-state index contributed by atoms with van der Waals surface area (Å²) in [7, 11) is 0. The van der Waals surface area contributed by atoms with Gasteiger partial charge in [0.25, 0.3) is 0 Å². The van der Waals surface area contributed by atoms with Crippen molar-refractivity contribution in [3.05, 3.63) is 24.3 Å². The molecule has 1 aliphatic rings. The molecule has 21 heavy (non-hydrogen) atoms. The highest BCUT2D eigenvalue weighted by molar-refractivity contribution is 5.76. The predicted molar refractivity (Wildman–Crippen MR) is 85.2 cm³/mol. The van der Waals surface area contributed by atoms with E-state index in [2.05, 4.69) is 6.92 Å². The lowest BCUT2D eigenvalue weighted by atomic mass is 9.98. The van der Waals surface area contributed by atoms with Gasteiger partial charge in [-0.15, -0.1) is 0 Å². The van der Waals surface area contributed by atoms with E-state index < -0.39 is 0 Å². The second kappa shape index (κ2) is 7.91. The Labute approximate surface area is 127 Å². The molecule has 0 aromatic heterocycles. The lowest BCUT2D eigenvalue weighted by molar-refractivity contribution is -0.131. The number of nitrogen functional groups attached to an aromatic ring is 1. The fraction of sp³-hybridized carbons (Fsp3) is 0.588. The summed E-state index contributed by atoms with van der Waals surface area (Å²) in [5.74, 6) is 1.76. The fourth-order valence-electron chi connectivity index (χ4n) is 2.80. The quantitative estimate of drug-likeness (QED) is 0.848. The van der Waals surface area contributed by atoms with E-state index in [0.29, 0.717) is 18.7 Å². The van der Waals surface area contributed by atoms with Crippen LogP contribution < -0.4 is 10.5 Å². The average Bonchev–Trinajstić information content (AvgIpc) is 2.74. The van der Waals surface area contributed by atoms with Gasteiger partial charge in [0, 0.05) is 18.8 Å². The maximum absolute atomic E-state index is 12.2. The number of hydrogen-bond acceptors (Lipinski definition) is 3. The van der Waals surface area contributed by atoms with Crippen LogP contribution in [0.3, 0.4) is 0 Å². The van der Waals surface area contributed by atoms with E-state index in [1.54, 1.807) is 12.1 Å². The van der Waals surface area contributed by atoms with Crippen LogP contribution in [0.15, 0.2) is 24.3 Å². The summed E-state index contributed by atoms with van der Waals surface area (Å²) in [4.78, 5) is 14.2. The molecule has 0 saturated carbocycles. The molecule has 1 aliphatic heterocycles. The van der Waals surface area contributed by atoms with Crippen molar-refractivity contribution in [3.8, 4) is 5.75 Å². The van der Waals surface area contributed by atoms with Crippen LogP contribution in [0.5, 0.6) is 5.75 Å². The van der Waals surface area contributed by atoms with Crippen LogP contribution in [-0.4, -0.2) is 30.5 Å². The molecule has 1 atom stereocenters. The number of nitrogens with zero attached hydrogens (tertiary/aromatic N) is 1. The van der Waals surface area contributed by atoms with Gasteiger partial charge >= 0.3 is 0 Å². The zero-order valence-corrected chi connectivity index (χ0v) is 12.9. The van der Waals surface area contributed by atoms with Gasteiger partial charge in [-0.25, -0.2) is 0 Å². The average molecular weight is 290 g/mol. The first-order valence-corrected chi connectivity index (χ1v) is 7.95. The molecule has 1 unspecified atom stereocenters. The highest BCUT2D eigenvalue weighted by Crippen LogP contribution is 2.20. The predicted octanol–water partition coefficient (Wildman–Crippen LogP) is 3.08. The van der Waals surface area contributed by atoms with Crippen LogP contribution >= 0.6 is 0 Å². The number of carbonyl (C=O) groups excluding carboxylic acids is 1. The Balaban J connectivity index is 1.72. The molecule has 1 amide bonds. The molecule has 0 radical (unpaired) electrons. The zero-order chi connectivity index (χ0) is 15.1. The minimum Gasteiger partial charge on any atom is -0.493 e. The van der Waals surface area contributed by atoms with Crippen LogP contribution in [0, 0.1) is 5.92 Å². The first-order chi connectivity index (χ1) is 10.2. The number of benzene rings is 1. The van der Waals surface area contributed by atoms with Crippen molar-refractivity contribution in [3.63, 3.8) is 0 Å². The smallest absolute Gasteiger partial charge is 0.225 e. The standard InChI is InChI=1S/C17H26N2O2/c1-2-14-4-3-11-19(12-9-14)17(20)10-13-21-16-7-5-15(18)6-8-16/h5-8,14H,2-4,9-13,18H2,1H3. The highest BCUT2D eigenvalue weighted by Gasteiger charge is 2.19. The summed E-state index contributed by atoms with van der Waals surface area (Å²) in [6.07, 6.45) is 5.19. The Bertz CT molecular complexity index is 445. The third kappa shape index (κ3) is 4.96. The molecular formula is C17H26N2O2. The minimum atomic E-state index is 0.210. The van der Waals surface area contributed by atoms with E-state index in [9.17, 15) is 4.79 Å². The van der Waals surface area contributed by atoms with Crippen molar-refractivity contribution >= 4 is 11.6 Å². The molecular weight excluding hydrogens is 264 g/mol. The highest BCUT2D eigenvalue weighted by atomic mass is 16.5. The number of hydrogen-bond donors (Lipinski definition) is 1. The Morgan fingerprint density at radius 2 is 2.05 bits per heavy atom. The van der Waals surface area contributed by atoms with Crippen LogP contribution in [0.1, 0.15) is 39.0 Å². The van der Waals surface area contributed by atoms with E-state index in [-0.39, 0.29) is 5.91 Å². The van der Waals surface area contributed by atoms with Crippen molar-refractivity contribution in [1.82, 2.24) is 4.90 Å². The minimum absolute atomic E-state index is 0.210. The van der Waals surface area contributed by atoms with Crippen LogP contribution in [0.4, 0.5) is 5.69 Å². The molecule has 0 bridgehead atoms. The number of carbonyl (C=O) groups is 1. The molecule has 2 N–H and O–H groups in total. The normalized spacial score (nSPS) is 19.1. The van der Waals surface area contributed by atoms with E-state index >= 15 is 0 Å². The molecule has 116 valence electrons. The number of nitrogens with two attached hydrogens (primary N) is 1. The number of likely N-dealkylation sites (tertiary alicyclic amines) is 1. The largest absolute Gasteiger partial charge is 0.493 e. The van der Waals surface area contributed by atoms with E-state index in [1.165, 1.54) is 12.8 Å². The van der Waals surface area contributed by atoms with Crippen molar-refractivity contribution in [1.29, 1.82) is 0 Å². The van der Waals surface area contributed by atoms with E-state index in [0.717, 1.165) is 37.6 Å². The molecule has 4 nitrogen and oxygen atoms in total. The number of ether oxygens (including phenoxy) is 1. The SMILES string of the molecule is CCC1CCCN(C(=O)CCOc2ccc(N)cc2)CC1. The molecule has 0 aliphatic carbocycles. The lowest BCUT2D eigenvalue weighted by Crippen LogP contribution is -2.32. The summed E-state index contributed by atoms with van der Waals surface area (Å²) in [5, 5.41) is 0. The van der Waals surface area contributed by atoms with Gasteiger partial charge in [0.15, 0.2) is 0 Å². The van der Waals surface area contributed by atoms with Crippen molar-refractivity contribution in [2.45, 2.75) is 39.0 Å². The second-order valence-corrected chi connectivity index (χ2v) is 5.75. The van der Waals surface area contributed by atoms with Gasteiger partial charge in [0.1, 0.15) is 5.75 Å². The maximum Gasteiger partial charge on any atom is 0.225 e. The summed E-state index contributed by atoms with van der Waals surface area (Å²) in [5.41, 5.74) is 6.34. The van der Waals surface area contributed by atoms with Gasteiger partial charge < -0.3 is 15.4 Å². The molecule has 0 spiro atoms. The van der Waals surface area contributed by atoms with Crippen LogP contribution in [-0.2, 0) is 4.79 Å². The lowest BCUT2D eigenvalue weighted by Gasteiger charge is -2.20. The number of rotatable bonds is 5. The molecule has 1 aromatic rings. The molecule has 1 saturated heterocycles. The third-order valence-electron chi connectivity index (χ3n) is 4.24. The Hall–Kier alpha value is -1.71. The number of amides is 1. The third-order valence-corrected chi connectivity index (χ3v) is 4.24. The van der Waals surface area contributed by atoms with Gasteiger partial charge in [-0.3, -0.25) is 4.79 Å². The molecule has 1 fully saturated rings. The maximum atomic E-state index is 12.2. The summed E-state index contributed by atoms with van der Waals surface area (Å²) in [6.45, 7) is 4.47. The van der Waals surface area contributed by atoms with Gasteiger partial charge in [-0.05, 0) is 49.4 Å². The molecule has 2 rings (SSSR count). The fourth-order valence-corrected chi connectivity index (χ4v) is 2.80. The second-order valence-electron chi connectivity index (χ2n) is 5.75. The van der Waals surface area contributed by atoms with E-state index in [1.807, 2.05) is 17.0 Å². The Morgan fingerprint density at radius 1 is 1.29 bits per heavy atom. The van der Waals surface area contributed by atoms with Gasteiger partial charge in [0.05, 0.1) is 13.0 Å². The Kier molecular flexibility index (Phi) is 5.90. The molecule has 1 heterocycles. The topological polar surface area (TPSA) is 55.6 Å². The zero-order valence-electron chi connectivity index (χ0n) is 12.9. The van der Waals surface area contributed by atoms with Gasteiger partial charge in [0.2, 0.25) is 5.91 Å². The Morgan fingerprint density at radius 3 is 2.76 bits per heavy atom. The van der Waals surface area contributed by atoms with Crippen LogP contribution in [0.2, 0.25) is 0 Å². The summed E-state index contributed by atoms with van der Waals surface area (Å²) < 4.78 is 5.59. The number of anilines is 1. The first kappa shape index (κ1) is 15.7. The molecule has 1 aromatic carbocycles. The van der Waals surface area contributed by atoms with Crippen molar-refractivity contribution in [2.75, 3.05) is 25.4 Å². The van der Waals surface area contributed by atoms with Crippen molar-refractivity contribution in [2.24, 2.45) is 5.92 Å². The first-order valence-electron chi connectivity index (χ1n) is 7.95. The van der Waals surface area contributed by atoms with Gasteiger partial charge in [-0.2, -0.15) is 0 Å². The molecule has 4 heteroatoms. The van der Waals surface area contributed by atoms with Gasteiger partial charge in [-0.1, -0.05) is 13.3 Å².